The fourth-order valence-corrected chi connectivity index (χ4v) is 6.92. The number of aryl methyl sites for hydroxylation is 2. The van der Waals surface area contributed by atoms with Crippen molar-refractivity contribution in [2.75, 3.05) is 0 Å². The third-order valence-electron chi connectivity index (χ3n) is 10.2. The second kappa shape index (κ2) is 26.2. The zero-order valence-corrected chi connectivity index (χ0v) is 44.5. The van der Waals surface area contributed by atoms with Gasteiger partial charge in [0.15, 0.2) is 0 Å². The van der Waals surface area contributed by atoms with E-state index in [9.17, 15) is 0 Å². The molecule has 0 aliphatic rings. The summed E-state index contributed by atoms with van der Waals surface area (Å²) >= 11 is 0. The van der Waals surface area contributed by atoms with E-state index in [1.165, 1.54) is 33.4 Å². The Labute approximate surface area is 420 Å². The van der Waals surface area contributed by atoms with Crippen LogP contribution in [0.15, 0.2) is 158 Å². The summed E-state index contributed by atoms with van der Waals surface area (Å²) < 4.78 is 0. The summed E-state index contributed by atoms with van der Waals surface area (Å²) in [6.45, 7) is 20.8. The van der Waals surface area contributed by atoms with Gasteiger partial charge in [0.1, 0.15) is 6.33 Å². The number of aliphatic hydroxyl groups is 2. The van der Waals surface area contributed by atoms with E-state index in [1.54, 1.807) is 26.4 Å². The summed E-state index contributed by atoms with van der Waals surface area (Å²) in [7, 11) is 0. The summed E-state index contributed by atoms with van der Waals surface area (Å²) in [6.07, 6.45) is 6.94. The van der Waals surface area contributed by atoms with Gasteiger partial charge in [0, 0.05) is 63.9 Å². The Morgan fingerprint density at radius 3 is 1.68 bits per heavy atom. The van der Waals surface area contributed by atoms with Gasteiger partial charge in [0.05, 0.1) is 17.9 Å². The Morgan fingerprint density at radius 2 is 1.15 bits per heavy atom. The molecule has 0 saturated carbocycles. The maximum Gasteiger partial charge on any atom is 0.106 e. The zero-order chi connectivity index (χ0) is 46.3. The van der Waals surface area contributed by atoms with Crippen LogP contribution in [0.25, 0.3) is 56.3 Å². The predicted octanol–water partition coefficient (Wildman–Crippen LogP) is 12.9. The first-order chi connectivity index (χ1) is 30.5. The van der Waals surface area contributed by atoms with Crippen molar-refractivity contribution in [1.82, 2.24) is 24.9 Å². The van der Waals surface area contributed by atoms with Crippen LogP contribution < -0.4 is 4.98 Å². The first-order valence-corrected chi connectivity index (χ1v) is 21.8. The molecule has 4 aromatic carbocycles. The van der Waals surface area contributed by atoms with Crippen LogP contribution >= 0.6 is 0 Å². The van der Waals surface area contributed by atoms with E-state index in [0.29, 0.717) is 6.42 Å². The average molecular weight is 1230 g/mol. The number of rotatable bonds is 7. The number of aromatic nitrogens is 5. The van der Waals surface area contributed by atoms with Crippen molar-refractivity contribution >= 4 is 0 Å². The van der Waals surface area contributed by atoms with Gasteiger partial charge in [-0.1, -0.05) is 119 Å². The van der Waals surface area contributed by atoms with Gasteiger partial charge in [-0.2, -0.15) is 6.20 Å². The minimum absolute atomic E-state index is 0. The third-order valence-corrected chi connectivity index (χ3v) is 10.2. The van der Waals surface area contributed by atoms with E-state index < -0.39 is 0 Å². The molecule has 0 spiro atoms. The van der Waals surface area contributed by atoms with Crippen LogP contribution in [0.4, 0.5) is 0 Å². The quantitative estimate of drug-likeness (QED) is 0.153. The van der Waals surface area contributed by atoms with Crippen molar-refractivity contribution in [3.63, 3.8) is 0 Å². The van der Waals surface area contributed by atoms with Crippen molar-refractivity contribution in [2.24, 2.45) is 0 Å². The molecule has 8 aromatic rings. The van der Waals surface area contributed by atoms with Crippen LogP contribution in [0.1, 0.15) is 84.1 Å². The molecule has 0 aliphatic carbocycles. The van der Waals surface area contributed by atoms with Crippen LogP contribution in [0.3, 0.4) is 0 Å². The van der Waals surface area contributed by atoms with Crippen LogP contribution in [0.2, 0.25) is 0 Å². The van der Waals surface area contributed by atoms with Crippen LogP contribution in [0.5, 0.6) is 0 Å². The molecule has 348 valence electrons. The fraction of sp³-hybridized carbons (Fsp3) is 0.263. The number of hydrogen-bond donors (Lipinski definition) is 2. The number of nitrogens with zero attached hydrogens (tertiary/aromatic N) is 5. The number of benzene rings is 4. The van der Waals surface area contributed by atoms with Crippen LogP contribution in [-0.4, -0.2) is 42.4 Å². The summed E-state index contributed by atoms with van der Waals surface area (Å²) in [4.78, 5) is 22.0. The second-order valence-corrected chi connectivity index (χ2v) is 18.0. The largest absolute Gasteiger partial charge is 0.662 e. The Hall–Kier alpha value is -5.24. The van der Waals surface area contributed by atoms with E-state index >= 15 is 0 Å². The Bertz CT molecular complexity index is 2630. The van der Waals surface area contributed by atoms with Crippen molar-refractivity contribution in [3.05, 3.63) is 193 Å². The van der Waals surface area contributed by atoms with Gasteiger partial charge < -0.3 is 20.2 Å². The van der Waals surface area contributed by atoms with Gasteiger partial charge in [-0.15, -0.1) is 77.5 Å². The molecule has 66 heavy (non-hydrogen) atoms. The minimum Gasteiger partial charge on any atom is -0.662 e. The third kappa shape index (κ3) is 16.9. The molecule has 9 heteroatoms. The van der Waals surface area contributed by atoms with E-state index in [-0.39, 0.29) is 63.2 Å². The molecule has 2 radical (unpaired) electrons. The van der Waals surface area contributed by atoms with Crippen molar-refractivity contribution in [1.29, 1.82) is 0 Å². The topological polar surface area (TPSA) is 106 Å². The average Bonchev–Trinajstić information content (AvgIpc) is 3.80. The monoisotopic (exact) mass is 1230 g/mol. The Kier molecular flexibility index (Phi) is 21.9. The first-order valence-electron chi connectivity index (χ1n) is 21.8. The molecule has 0 saturated heterocycles. The summed E-state index contributed by atoms with van der Waals surface area (Å²) in [6, 6.07) is 51.4. The molecule has 7 nitrogen and oxygen atoms in total. The standard InChI is InChI=1S/C20H19N2.C19H16N.C13H15N2.C5H12O2.2Ir/c1-20(2,3)17-12-8-7-11-16(17)19-13-18(21-14-22-19)15-9-5-4-6-10-15;1-14-8-9-18(15(2)12-14)17-10-11-20-19(13-17)16-6-4-3-5-7-16;1-13(2,3)10-8-12(15-9-10)11-6-4-5-7-14-11;1-4(6)3-5(2)7;;/h4-9,11-14H,1-3H3;3-6,8-13H,1-2H3;4-9H,1-3H3;4-7H,3H2,1-2H3;;/q3*-1;;;. The maximum atomic E-state index is 8.56. The van der Waals surface area contributed by atoms with E-state index in [0.717, 1.165) is 45.2 Å². The molecule has 2 unspecified atom stereocenters. The Balaban J connectivity index is 0.000000245. The number of aliphatic hydroxyl groups excluding tert-OH is 2. The molecule has 2 N–H and O–H groups in total. The van der Waals surface area contributed by atoms with Gasteiger partial charge in [-0.05, 0) is 96.8 Å². The molecule has 0 aliphatic heterocycles. The SMILES string of the molecule is CC(C)(C)c1c[n-]c(-c2ccccn2)c1.CC(C)(C)c1ccccc1-c1cc(-c2[c-]cccc2)ncn1.CC(O)CC(C)O.Cc1ccc(-c2ccnc(-c3[c-]cccc3)c2)c(C)c1.[Ir].[Ir]. The van der Waals surface area contributed by atoms with Crippen molar-refractivity contribution in [3.8, 4) is 56.3 Å². The second-order valence-electron chi connectivity index (χ2n) is 18.0. The van der Waals surface area contributed by atoms with Gasteiger partial charge in [0.2, 0.25) is 0 Å². The number of hydrogen-bond acceptors (Lipinski definition) is 6. The van der Waals surface area contributed by atoms with Crippen LogP contribution in [-0.2, 0) is 51.0 Å². The molecule has 2 atom stereocenters. The molecular weight excluding hydrogens is 1170 g/mol. The molecule has 4 aromatic heterocycles. The minimum atomic E-state index is -0.375. The summed E-state index contributed by atoms with van der Waals surface area (Å²) in [5.74, 6) is 0. The zero-order valence-electron chi connectivity index (χ0n) is 39.7. The van der Waals surface area contributed by atoms with Crippen LogP contribution in [0, 0.1) is 26.0 Å². The Morgan fingerprint density at radius 1 is 0.561 bits per heavy atom. The summed E-state index contributed by atoms with van der Waals surface area (Å²) in [5, 5.41) is 17.1. The fourth-order valence-electron chi connectivity index (χ4n) is 6.92. The van der Waals surface area contributed by atoms with Crippen molar-refractivity contribution < 1.29 is 50.4 Å². The molecule has 0 fully saturated rings. The smallest absolute Gasteiger partial charge is 0.106 e. The maximum absolute atomic E-state index is 8.56. The normalized spacial score (nSPS) is 11.6. The summed E-state index contributed by atoms with van der Waals surface area (Å²) in [5.41, 5.74) is 15.7. The molecule has 0 amide bonds. The van der Waals surface area contributed by atoms with Gasteiger partial charge in [-0.3, -0.25) is 9.97 Å². The first kappa shape index (κ1) is 55.1. The molecule has 0 bridgehead atoms. The van der Waals surface area contributed by atoms with E-state index in [4.69, 9.17) is 10.2 Å². The van der Waals surface area contributed by atoms with Gasteiger partial charge >= 0.3 is 0 Å². The van der Waals surface area contributed by atoms with E-state index in [2.05, 4.69) is 153 Å². The van der Waals surface area contributed by atoms with Crippen molar-refractivity contribution in [2.45, 2.75) is 98.7 Å². The molecule has 4 heterocycles. The molecular formula is C57H62Ir2N5O2-3. The van der Waals surface area contributed by atoms with Gasteiger partial charge in [0.25, 0.3) is 0 Å². The van der Waals surface area contributed by atoms with Gasteiger partial charge in [-0.25, -0.2) is 4.98 Å². The number of pyridine rings is 2. The predicted molar refractivity (Wildman–Crippen MR) is 264 cm³/mol. The van der Waals surface area contributed by atoms with E-state index in [1.807, 2.05) is 85.2 Å². The molecule has 8 rings (SSSR count).